The number of ether oxygens (including phenoxy) is 2. The van der Waals surface area contributed by atoms with Crippen LogP contribution >= 0.6 is 0 Å². The number of anilines is 1. The summed E-state index contributed by atoms with van der Waals surface area (Å²) in [4.78, 5) is 12.1. The summed E-state index contributed by atoms with van der Waals surface area (Å²) in [6.45, 7) is 3.30. The molecule has 2 aromatic rings. The molecule has 2 aromatic carbocycles. The summed E-state index contributed by atoms with van der Waals surface area (Å²) >= 11 is 0. The number of benzene rings is 2. The van der Waals surface area contributed by atoms with Crippen LogP contribution in [0.15, 0.2) is 30.3 Å². The monoisotopic (exact) mass is 357 g/mol. The van der Waals surface area contributed by atoms with Crippen LogP contribution in [0.3, 0.4) is 0 Å². The zero-order valence-electron chi connectivity index (χ0n) is 13.4. The highest BCUT2D eigenvalue weighted by molar-refractivity contribution is 5.95. The quantitative estimate of drug-likeness (QED) is 0.627. The average Bonchev–Trinajstić information content (AvgIpc) is 2.58. The maximum atomic E-state index is 13.6. The summed E-state index contributed by atoms with van der Waals surface area (Å²) in [5, 5.41) is 2.46. The van der Waals surface area contributed by atoms with E-state index in [1.54, 1.807) is 31.2 Å². The lowest BCUT2D eigenvalue weighted by atomic mass is 10.2. The van der Waals surface area contributed by atoms with E-state index in [1.807, 2.05) is 0 Å². The van der Waals surface area contributed by atoms with Gasteiger partial charge in [-0.2, -0.15) is 8.78 Å². The topological polar surface area (TPSA) is 47.6 Å². The summed E-state index contributed by atoms with van der Waals surface area (Å²) in [5.41, 5.74) is 0.316. The number of hydrogen-bond donors (Lipinski definition) is 1. The van der Waals surface area contributed by atoms with E-state index in [9.17, 15) is 22.4 Å². The zero-order valence-corrected chi connectivity index (χ0v) is 13.4. The molecule has 1 unspecified atom stereocenters. The molecule has 4 nitrogen and oxygen atoms in total. The normalized spacial score (nSPS) is 11.8. The number of hydrogen-bond acceptors (Lipinski definition) is 3. The molecule has 0 fully saturated rings. The predicted molar refractivity (Wildman–Crippen MR) is 82.6 cm³/mol. The van der Waals surface area contributed by atoms with Gasteiger partial charge in [-0.05, 0) is 26.0 Å². The maximum absolute atomic E-state index is 13.6. The lowest BCUT2D eigenvalue weighted by Crippen LogP contribution is -2.31. The average molecular weight is 357 g/mol. The Kier molecular flexibility index (Phi) is 5.84. The molecular weight excluding hydrogens is 342 g/mol. The molecule has 0 radical (unpaired) electrons. The van der Waals surface area contributed by atoms with Gasteiger partial charge in [-0.3, -0.25) is 4.79 Å². The molecule has 0 bridgehead atoms. The Morgan fingerprint density at radius 2 is 1.72 bits per heavy atom. The van der Waals surface area contributed by atoms with Crippen molar-refractivity contribution in [1.82, 2.24) is 0 Å². The number of carbonyl (C=O) groups excluding carboxylic acids is 1. The lowest BCUT2D eigenvalue weighted by molar-refractivity contribution is -0.122. The van der Waals surface area contributed by atoms with Crippen LogP contribution < -0.4 is 14.8 Å². The van der Waals surface area contributed by atoms with Crippen LogP contribution in [0.25, 0.3) is 0 Å². The minimum atomic E-state index is -1.71. The summed E-state index contributed by atoms with van der Waals surface area (Å²) in [6.07, 6.45) is -1.43. The highest BCUT2D eigenvalue weighted by atomic mass is 19.2. The number of amides is 1. The molecule has 0 saturated heterocycles. The Labute approximate surface area is 141 Å². The molecule has 1 atom stereocenters. The van der Waals surface area contributed by atoms with E-state index in [0.29, 0.717) is 18.0 Å². The van der Waals surface area contributed by atoms with Gasteiger partial charge in [0, 0.05) is 6.07 Å². The van der Waals surface area contributed by atoms with E-state index < -0.39 is 41.0 Å². The fourth-order valence-corrected chi connectivity index (χ4v) is 1.97. The molecule has 0 aliphatic heterocycles. The van der Waals surface area contributed by atoms with Gasteiger partial charge in [0.05, 0.1) is 12.3 Å². The van der Waals surface area contributed by atoms with E-state index in [2.05, 4.69) is 5.32 Å². The maximum Gasteiger partial charge on any atom is 0.265 e. The van der Waals surface area contributed by atoms with Crippen molar-refractivity contribution in [3.63, 3.8) is 0 Å². The minimum absolute atomic E-state index is 0.0561. The van der Waals surface area contributed by atoms with Gasteiger partial charge in [-0.25, -0.2) is 8.78 Å². The summed E-state index contributed by atoms with van der Waals surface area (Å²) in [5.74, 6) is -8.36. The van der Waals surface area contributed by atoms with Crippen molar-refractivity contribution >= 4 is 11.6 Å². The van der Waals surface area contributed by atoms with E-state index in [1.165, 1.54) is 6.92 Å². The number of halogens is 4. The van der Waals surface area contributed by atoms with Gasteiger partial charge in [0.1, 0.15) is 5.75 Å². The van der Waals surface area contributed by atoms with Crippen molar-refractivity contribution in [3.8, 4) is 11.5 Å². The van der Waals surface area contributed by atoms with Crippen LogP contribution in [-0.4, -0.2) is 18.6 Å². The van der Waals surface area contributed by atoms with Gasteiger partial charge in [-0.15, -0.1) is 0 Å². The van der Waals surface area contributed by atoms with Crippen molar-refractivity contribution in [2.24, 2.45) is 0 Å². The van der Waals surface area contributed by atoms with Gasteiger partial charge < -0.3 is 14.8 Å². The molecule has 134 valence electrons. The van der Waals surface area contributed by atoms with Crippen LogP contribution in [0.4, 0.5) is 23.2 Å². The standard InChI is InChI=1S/C17H15F4NO3/c1-3-24-13-7-5-4-6-12(13)22-17(23)9(2)25-16-14(20)10(18)8-11(19)15(16)21/h4-9H,3H2,1-2H3,(H,22,23). The second-order valence-electron chi connectivity index (χ2n) is 4.98. The molecule has 0 aromatic heterocycles. The van der Waals surface area contributed by atoms with E-state index in [0.717, 1.165) is 0 Å². The molecule has 0 spiro atoms. The molecule has 0 aliphatic carbocycles. The first-order valence-electron chi connectivity index (χ1n) is 7.37. The van der Waals surface area contributed by atoms with Crippen molar-refractivity contribution in [2.75, 3.05) is 11.9 Å². The van der Waals surface area contributed by atoms with Gasteiger partial charge in [-0.1, -0.05) is 12.1 Å². The molecular formula is C17H15F4NO3. The first-order chi connectivity index (χ1) is 11.8. The van der Waals surface area contributed by atoms with Gasteiger partial charge in [0.15, 0.2) is 23.5 Å². The Morgan fingerprint density at radius 3 is 2.32 bits per heavy atom. The first-order valence-corrected chi connectivity index (χ1v) is 7.37. The van der Waals surface area contributed by atoms with Crippen molar-refractivity contribution < 1.29 is 31.8 Å². The summed E-state index contributed by atoms with van der Waals surface area (Å²) < 4.78 is 63.7. The SMILES string of the molecule is CCOc1ccccc1NC(=O)C(C)Oc1c(F)c(F)cc(F)c1F. The third kappa shape index (κ3) is 4.20. The smallest absolute Gasteiger partial charge is 0.265 e. The Balaban J connectivity index is 2.17. The highest BCUT2D eigenvalue weighted by Gasteiger charge is 2.25. The van der Waals surface area contributed by atoms with Crippen molar-refractivity contribution in [3.05, 3.63) is 53.6 Å². The summed E-state index contributed by atoms with van der Waals surface area (Å²) in [6, 6.07) is 6.57. The summed E-state index contributed by atoms with van der Waals surface area (Å²) in [7, 11) is 0. The van der Waals surface area contributed by atoms with E-state index in [4.69, 9.17) is 9.47 Å². The van der Waals surface area contributed by atoms with Gasteiger partial charge in [0.2, 0.25) is 11.6 Å². The highest BCUT2D eigenvalue weighted by Crippen LogP contribution is 2.28. The second kappa shape index (κ2) is 7.87. The van der Waals surface area contributed by atoms with Crippen molar-refractivity contribution in [1.29, 1.82) is 0 Å². The molecule has 0 aliphatic rings. The Morgan fingerprint density at radius 1 is 1.12 bits per heavy atom. The van der Waals surface area contributed by atoms with E-state index >= 15 is 0 Å². The number of para-hydroxylation sites is 2. The van der Waals surface area contributed by atoms with Gasteiger partial charge in [0.25, 0.3) is 5.91 Å². The molecule has 1 N–H and O–H groups in total. The van der Waals surface area contributed by atoms with Crippen LogP contribution in [0.5, 0.6) is 11.5 Å². The number of carbonyl (C=O) groups is 1. The number of rotatable bonds is 6. The molecule has 25 heavy (non-hydrogen) atoms. The Hall–Kier alpha value is -2.77. The Bertz CT molecular complexity index is 756. The third-order valence-electron chi connectivity index (χ3n) is 3.18. The largest absolute Gasteiger partial charge is 0.492 e. The first kappa shape index (κ1) is 18.6. The van der Waals surface area contributed by atoms with Crippen LogP contribution in [-0.2, 0) is 4.79 Å². The fourth-order valence-electron chi connectivity index (χ4n) is 1.97. The molecule has 8 heteroatoms. The molecule has 1 amide bonds. The third-order valence-corrected chi connectivity index (χ3v) is 3.18. The van der Waals surface area contributed by atoms with Crippen LogP contribution in [0.2, 0.25) is 0 Å². The van der Waals surface area contributed by atoms with Crippen molar-refractivity contribution in [2.45, 2.75) is 20.0 Å². The fraction of sp³-hybridized carbons (Fsp3) is 0.235. The lowest BCUT2D eigenvalue weighted by Gasteiger charge is -2.17. The van der Waals surface area contributed by atoms with E-state index in [-0.39, 0.29) is 6.07 Å². The predicted octanol–water partition coefficient (Wildman–Crippen LogP) is 4.05. The number of nitrogens with one attached hydrogen (secondary N) is 1. The molecule has 0 heterocycles. The minimum Gasteiger partial charge on any atom is -0.492 e. The second-order valence-corrected chi connectivity index (χ2v) is 4.98. The zero-order chi connectivity index (χ0) is 18.6. The molecule has 2 rings (SSSR count). The van der Waals surface area contributed by atoms with Crippen LogP contribution in [0, 0.1) is 23.3 Å². The van der Waals surface area contributed by atoms with Crippen LogP contribution in [0.1, 0.15) is 13.8 Å². The molecule has 0 saturated carbocycles. The van der Waals surface area contributed by atoms with Gasteiger partial charge >= 0.3 is 0 Å².